The first kappa shape index (κ1) is 12.4. The first-order valence-electron chi connectivity index (χ1n) is 5.57. The Bertz CT molecular complexity index is 582. The monoisotopic (exact) mass is 249 g/mol. The highest BCUT2D eigenvalue weighted by Crippen LogP contribution is 2.32. The molecule has 0 atom stereocenters. The molecule has 2 rings (SSSR count). The number of rotatable bonds is 2. The van der Waals surface area contributed by atoms with Crippen LogP contribution in [-0.2, 0) is 0 Å². The van der Waals surface area contributed by atoms with E-state index in [-0.39, 0.29) is 11.5 Å². The van der Waals surface area contributed by atoms with Crippen LogP contribution in [-0.4, -0.2) is 9.97 Å². The molecule has 0 radical (unpaired) electrons. The summed E-state index contributed by atoms with van der Waals surface area (Å²) in [6.45, 7) is 3.80. The van der Waals surface area contributed by atoms with Gasteiger partial charge in [-0.3, -0.25) is 0 Å². The van der Waals surface area contributed by atoms with Crippen LogP contribution < -0.4 is 5.73 Å². The minimum absolute atomic E-state index is 0.0175. The van der Waals surface area contributed by atoms with Crippen LogP contribution in [0.4, 0.5) is 14.6 Å². The van der Waals surface area contributed by atoms with E-state index in [4.69, 9.17) is 5.73 Å². The van der Waals surface area contributed by atoms with Crippen molar-refractivity contribution in [3.63, 3.8) is 0 Å². The maximum absolute atomic E-state index is 13.8. The Morgan fingerprint density at radius 2 is 1.89 bits per heavy atom. The molecule has 1 aromatic carbocycles. The molecule has 0 amide bonds. The van der Waals surface area contributed by atoms with Crippen molar-refractivity contribution in [3.05, 3.63) is 41.7 Å². The third-order valence-corrected chi connectivity index (χ3v) is 2.70. The lowest BCUT2D eigenvalue weighted by Crippen LogP contribution is -2.05. The number of hydrogen-bond donors (Lipinski definition) is 1. The zero-order valence-electron chi connectivity index (χ0n) is 10.1. The third kappa shape index (κ3) is 2.03. The second kappa shape index (κ2) is 4.68. The smallest absolute Gasteiger partial charge is 0.168 e. The number of anilines is 1. The van der Waals surface area contributed by atoms with Gasteiger partial charge in [-0.15, -0.1) is 0 Å². The lowest BCUT2D eigenvalue weighted by molar-refractivity contribution is 0.510. The molecule has 0 aliphatic rings. The molecular weight excluding hydrogens is 236 g/mol. The van der Waals surface area contributed by atoms with Crippen molar-refractivity contribution in [3.8, 4) is 11.3 Å². The van der Waals surface area contributed by atoms with Gasteiger partial charge in [-0.25, -0.2) is 18.7 Å². The first-order valence-corrected chi connectivity index (χ1v) is 5.57. The minimum atomic E-state index is -0.919. The van der Waals surface area contributed by atoms with Gasteiger partial charge >= 0.3 is 0 Å². The van der Waals surface area contributed by atoms with Crippen LogP contribution in [0.3, 0.4) is 0 Å². The zero-order valence-corrected chi connectivity index (χ0v) is 10.1. The summed E-state index contributed by atoms with van der Waals surface area (Å²) in [4.78, 5) is 7.92. The Hall–Kier alpha value is -2.04. The molecular formula is C13H13F2N3. The zero-order chi connectivity index (χ0) is 13.3. The van der Waals surface area contributed by atoms with Crippen molar-refractivity contribution in [1.29, 1.82) is 0 Å². The highest BCUT2D eigenvalue weighted by Gasteiger charge is 2.18. The van der Waals surface area contributed by atoms with E-state index in [1.54, 1.807) is 0 Å². The second-order valence-corrected chi connectivity index (χ2v) is 4.28. The van der Waals surface area contributed by atoms with Crippen LogP contribution in [0.2, 0.25) is 0 Å². The molecule has 2 aromatic rings. The van der Waals surface area contributed by atoms with Gasteiger partial charge in [0.15, 0.2) is 11.6 Å². The van der Waals surface area contributed by atoms with E-state index in [2.05, 4.69) is 9.97 Å². The first-order chi connectivity index (χ1) is 8.52. The SMILES string of the molecule is CC(C)c1c(N)ncnc1-c1cccc(F)c1F. The molecule has 0 bridgehead atoms. The standard InChI is InChI=1S/C13H13F2N3/c1-7(2)10-12(17-6-18-13(10)16)8-4-3-5-9(14)11(8)15/h3-7H,1-2H3,(H2,16,17,18). The molecule has 2 N–H and O–H groups in total. The number of aromatic nitrogens is 2. The highest BCUT2D eigenvalue weighted by atomic mass is 19.2. The molecule has 1 aromatic heterocycles. The molecule has 0 spiro atoms. The summed E-state index contributed by atoms with van der Waals surface area (Å²) in [5.74, 6) is -1.51. The molecule has 0 unspecified atom stereocenters. The van der Waals surface area contributed by atoms with Gasteiger partial charge < -0.3 is 5.73 Å². The molecule has 0 aliphatic heterocycles. The van der Waals surface area contributed by atoms with Gasteiger partial charge in [0.1, 0.15) is 12.1 Å². The molecule has 1 heterocycles. The Labute approximate surface area is 104 Å². The normalized spacial score (nSPS) is 10.9. The highest BCUT2D eigenvalue weighted by molar-refractivity contribution is 5.68. The summed E-state index contributed by atoms with van der Waals surface area (Å²) in [5, 5.41) is 0. The van der Waals surface area contributed by atoms with Crippen LogP contribution in [0.25, 0.3) is 11.3 Å². The fourth-order valence-electron chi connectivity index (χ4n) is 1.88. The number of nitrogen functional groups attached to an aromatic ring is 1. The van der Waals surface area contributed by atoms with E-state index in [0.717, 1.165) is 6.07 Å². The van der Waals surface area contributed by atoms with E-state index in [1.165, 1.54) is 18.5 Å². The topological polar surface area (TPSA) is 51.8 Å². The van der Waals surface area contributed by atoms with Crippen molar-refractivity contribution >= 4 is 5.82 Å². The molecule has 0 saturated carbocycles. The van der Waals surface area contributed by atoms with Crippen molar-refractivity contribution < 1.29 is 8.78 Å². The molecule has 94 valence electrons. The third-order valence-electron chi connectivity index (χ3n) is 2.70. The molecule has 5 heteroatoms. The fraction of sp³-hybridized carbons (Fsp3) is 0.231. The summed E-state index contributed by atoms with van der Waals surface area (Å²) < 4.78 is 27.0. The number of nitrogens with zero attached hydrogens (tertiary/aromatic N) is 2. The number of benzene rings is 1. The van der Waals surface area contributed by atoms with E-state index in [0.29, 0.717) is 17.1 Å². The quantitative estimate of drug-likeness (QED) is 0.889. The Kier molecular flexibility index (Phi) is 3.23. The molecule has 0 aliphatic carbocycles. The van der Waals surface area contributed by atoms with Crippen molar-refractivity contribution in [2.24, 2.45) is 0 Å². The van der Waals surface area contributed by atoms with Crippen LogP contribution in [0.15, 0.2) is 24.5 Å². The van der Waals surface area contributed by atoms with Crippen molar-refractivity contribution in [2.45, 2.75) is 19.8 Å². The average molecular weight is 249 g/mol. The summed E-state index contributed by atoms with van der Waals surface area (Å²) in [6.07, 6.45) is 1.25. The van der Waals surface area contributed by atoms with E-state index < -0.39 is 11.6 Å². The molecule has 0 saturated heterocycles. The average Bonchev–Trinajstić information content (AvgIpc) is 2.32. The van der Waals surface area contributed by atoms with Gasteiger partial charge in [-0.05, 0) is 18.1 Å². The molecule has 18 heavy (non-hydrogen) atoms. The van der Waals surface area contributed by atoms with Gasteiger partial charge in [0.2, 0.25) is 0 Å². The second-order valence-electron chi connectivity index (χ2n) is 4.28. The number of hydrogen-bond acceptors (Lipinski definition) is 3. The minimum Gasteiger partial charge on any atom is -0.383 e. The lowest BCUT2D eigenvalue weighted by atomic mass is 9.97. The maximum atomic E-state index is 13.8. The van der Waals surface area contributed by atoms with Crippen molar-refractivity contribution in [2.75, 3.05) is 5.73 Å². The van der Waals surface area contributed by atoms with Gasteiger partial charge in [-0.2, -0.15) is 0 Å². The summed E-state index contributed by atoms with van der Waals surface area (Å²) in [7, 11) is 0. The van der Waals surface area contributed by atoms with Crippen LogP contribution in [0.5, 0.6) is 0 Å². The van der Waals surface area contributed by atoms with E-state index in [9.17, 15) is 8.78 Å². The predicted molar refractivity (Wildman–Crippen MR) is 65.9 cm³/mol. The van der Waals surface area contributed by atoms with Crippen LogP contribution >= 0.6 is 0 Å². The Morgan fingerprint density at radius 3 is 2.56 bits per heavy atom. The molecule has 0 fully saturated rings. The summed E-state index contributed by atoms with van der Waals surface area (Å²) >= 11 is 0. The summed E-state index contributed by atoms with van der Waals surface area (Å²) in [6, 6.07) is 3.99. The summed E-state index contributed by atoms with van der Waals surface area (Å²) in [5.41, 5.74) is 6.85. The maximum Gasteiger partial charge on any atom is 0.168 e. The predicted octanol–water partition coefficient (Wildman–Crippen LogP) is 3.13. The largest absolute Gasteiger partial charge is 0.383 e. The Morgan fingerprint density at radius 1 is 1.17 bits per heavy atom. The van der Waals surface area contributed by atoms with Crippen LogP contribution in [0.1, 0.15) is 25.3 Å². The van der Waals surface area contributed by atoms with Crippen molar-refractivity contribution in [1.82, 2.24) is 9.97 Å². The van der Waals surface area contributed by atoms with Gasteiger partial charge in [0.25, 0.3) is 0 Å². The Balaban J connectivity index is 2.72. The van der Waals surface area contributed by atoms with Gasteiger partial charge in [0, 0.05) is 11.1 Å². The number of nitrogens with two attached hydrogens (primary N) is 1. The fourth-order valence-corrected chi connectivity index (χ4v) is 1.88. The lowest BCUT2D eigenvalue weighted by Gasteiger charge is -2.14. The van der Waals surface area contributed by atoms with E-state index >= 15 is 0 Å². The van der Waals surface area contributed by atoms with Gasteiger partial charge in [-0.1, -0.05) is 19.9 Å². The van der Waals surface area contributed by atoms with E-state index in [1.807, 2.05) is 13.8 Å². The molecule has 3 nitrogen and oxygen atoms in total. The number of halogens is 2. The van der Waals surface area contributed by atoms with Crippen LogP contribution in [0, 0.1) is 11.6 Å². The van der Waals surface area contributed by atoms with Gasteiger partial charge in [0.05, 0.1) is 5.69 Å².